The Morgan fingerprint density at radius 2 is 1.62 bits per heavy atom. The molecule has 1 saturated heterocycles. The van der Waals surface area contributed by atoms with Crippen LogP contribution in [0.5, 0.6) is 0 Å². The molecule has 0 spiro atoms. The molecule has 0 N–H and O–H groups in total. The summed E-state index contributed by atoms with van der Waals surface area (Å²) in [6, 6.07) is 0.224. The summed E-state index contributed by atoms with van der Waals surface area (Å²) in [6.07, 6.45) is 5.93. The molecule has 4 rings (SSSR count). The predicted octanol–water partition coefficient (Wildman–Crippen LogP) is 4.46. The summed E-state index contributed by atoms with van der Waals surface area (Å²) in [7, 11) is 0. The van der Waals surface area contributed by atoms with Crippen LogP contribution in [0.15, 0.2) is 0 Å². The Labute approximate surface area is 171 Å². The zero-order valence-corrected chi connectivity index (χ0v) is 18.9. The van der Waals surface area contributed by atoms with Gasteiger partial charge >= 0.3 is 19.5 Å². The monoisotopic (exact) mass is 446 g/mol. The van der Waals surface area contributed by atoms with Crippen molar-refractivity contribution in [1.29, 1.82) is 0 Å². The molecule has 147 valence electrons. The normalized spacial score (nSPS) is 37.8. The largest absolute Gasteiger partial charge is 1.00 e. The topological polar surface area (TPSA) is 37.4 Å². The third kappa shape index (κ3) is 2.90. The fourth-order valence-electron chi connectivity index (χ4n) is 6.55. The van der Waals surface area contributed by atoms with Gasteiger partial charge in [0.15, 0.2) is 0 Å². The number of fused-ring (bicyclic) bond motifs is 8. The van der Waals surface area contributed by atoms with Crippen LogP contribution in [0.1, 0.15) is 73.6 Å². The van der Waals surface area contributed by atoms with Gasteiger partial charge in [-0.2, -0.15) is 6.42 Å². The number of nitrogens with zero attached hydrogens (tertiary/aromatic N) is 1. The molecule has 6 unspecified atom stereocenters. The van der Waals surface area contributed by atoms with Gasteiger partial charge in [-0.1, -0.05) is 53.4 Å². The van der Waals surface area contributed by atoms with Crippen LogP contribution in [-0.4, -0.2) is 22.8 Å². The number of hydrogen-bond donors (Lipinski definition) is 0. The van der Waals surface area contributed by atoms with E-state index in [-0.39, 0.29) is 54.1 Å². The molecule has 3 nitrogen and oxygen atoms in total. The number of carbonyl (C=O) groups excluding carboxylic acids is 2. The average molecular weight is 446 g/mol. The van der Waals surface area contributed by atoms with Crippen LogP contribution in [0, 0.1) is 46.3 Å². The Bertz CT molecular complexity index is 602. The van der Waals surface area contributed by atoms with E-state index in [1.54, 1.807) is 4.90 Å². The van der Waals surface area contributed by atoms with Crippen LogP contribution in [0.4, 0.5) is 0 Å². The maximum Gasteiger partial charge on any atom is 1.00 e. The van der Waals surface area contributed by atoms with Crippen molar-refractivity contribution < 1.29 is 29.1 Å². The molecule has 4 fully saturated rings. The first-order valence-corrected chi connectivity index (χ1v) is 10.2. The van der Waals surface area contributed by atoms with Crippen molar-refractivity contribution in [3.05, 3.63) is 5.92 Å². The third-order valence-corrected chi connectivity index (χ3v) is 7.45. The Balaban J connectivity index is 0.00000196. The maximum atomic E-state index is 13.4. The number of β-lactam (4-membered cyclic amide) rings is 1. The van der Waals surface area contributed by atoms with Crippen LogP contribution in [0.2, 0.25) is 0 Å². The van der Waals surface area contributed by atoms with E-state index in [2.05, 4.69) is 41.5 Å². The van der Waals surface area contributed by atoms with Crippen molar-refractivity contribution in [2.75, 3.05) is 0 Å². The summed E-state index contributed by atoms with van der Waals surface area (Å²) < 4.78 is 0. The van der Waals surface area contributed by atoms with Crippen LogP contribution < -0.4 is 0 Å². The van der Waals surface area contributed by atoms with Crippen molar-refractivity contribution >= 4 is 11.8 Å². The summed E-state index contributed by atoms with van der Waals surface area (Å²) in [5, 5.41) is 0. The molecule has 4 heteroatoms. The third-order valence-electron chi connectivity index (χ3n) is 7.45. The molecule has 2 amide bonds. The minimum atomic E-state index is -0.191. The molecule has 0 aromatic rings. The van der Waals surface area contributed by atoms with Gasteiger partial charge in [0.25, 0.3) is 0 Å². The molecule has 2 bridgehead atoms. The molecule has 6 atom stereocenters. The van der Waals surface area contributed by atoms with Gasteiger partial charge in [0.05, 0.1) is 17.9 Å². The van der Waals surface area contributed by atoms with Crippen molar-refractivity contribution in [3.63, 3.8) is 0 Å². The average Bonchev–Trinajstić information content (AvgIpc) is 3.11. The molecular formula is C22H34NO2Ru. The van der Waals surface area contributed by atoms with E-state index in [0.717, 1.165) is 24.2 Å². The molecular weight excluding hydrogens is 411 g/mol. The summed E-state index contributed by atoms with van der Waals surface area (Å²) in [5.74, 6) is 4.03. The predicted molar refractivity (Wildman–Crippen MR) is 98.3 cm³/mol. The maximum absolute atomic E-state index is 13.4. The van der Waals surface area contributed by atoms with Crippen LogP contribution in [0.3, 0.4) is 0 Å². The molecule has 3 saturated carbocycles. The van der Waals surface area contributed by atoms with E-state index in [9.17, 15) is 9.59 Å². The van der Waals surface area contributed by atoms with Gasteiger partial charge in [-0.05, 0) is 42.9 Å². The smallest absolute Gasteiger partial charge is 0.310 e. The van der Waals surface area contributed by atoms with Crippen LogP contribution in [-0.2, 0) is 29.1 Å². The summed E-state index contributed by atoms with van der Waals surface area (Å²) in [4.78, 5) is 28.1. The number of hydrogen-bond acceptors (Lipinski definition) is 2. The zero-order chi connectivity index (χ0) is 18.3. The minimum Gasteiger partial charge on any atom is -0.310 e. The van der Waals surface area contributed by atoms with Gasteiger partial charge in [0.2, 0.25) is 5.91 Å². The SMILES string of the molecule is CC(C)(C)C[C-](C(=O)N1C(=O)C2C3CC(C4CCCC43)C21)C(C)(C)C.[Ru+]. The Hall–Kier alpha value is -0.367. The van der Waals surface area contributed by atoms with Gasteiger partial charge in [0.1, 0.15) is 0 Å². The van der Waals surface area contributed by atoms with Crippen LogP contribution >= 0.6 is 0 Å². The van der Waals surface area contributed by atoms with E-state index in [1.807, 2.05) is 0 Å². The summed E-state index contributed by atoms with van der Waals surface area (Å²) in [6.45, 7) is 12.9. The van der Waals surface area contributed by atoms with Gasteiger partial charge in [0, 0.05) is 0 Å². The molecule has 4 aliphatic rings. The van der Waals surface area contributed by atoms with E-state index >= 15 is 0 Å². The Morgan fingerprint density at radius 3 is 2.15 bits per heavy atom. The van der Waals surface area contributed by atoms with Gasteiger partial charge in [-0.25, -0.2) is 0 Å². The standard InChI is InChI=1S/C22H34NO2.Ru/c1-21(2,3)11-16(22(4,5)6)19(24)23-18-15-10-14(17(18)20(23)25)12-8-7-9-13(12)15;/h12-15,17-18H,7-11H2,1-6H3;/q-1;+1. The first-order valence-electron chi connectivity index (χ1n) is 10.2. The molecule has 0 aromatic heterocycles. The second kappa shape index (κ2) is 6.33. The number of imide groups is 1. The first-order chi connectivity index (χ1) is 11.5. The van der Waals surface area contributed by atoms with Crippen LogP contribution in [0.25, 0.3) is 0 Å². The number of likely N-dealkylation sites (tertiary alicyclic amines) is 1. The number of rotatable bonds is 2. The second-order valence-corrected chi connectivity index (χ2v) is 11.3. The molecule has 1 aliphatic heterocycles. The van der Waals surface area contributed by atoms with Crippen molar-refractivity contribution in [3.8, 4) is 0 Å². The van der Waals surface area contributed by atoms with E-state index < -0.39 is 0 Å². The first kappa shape index (κ1) is 20.4. The van der Waals surface area contributed by atoms with E-state index in [0.29, 0.717) is 11.8 Å². The molecule has 1 radical (unpaired) electrons. The summed E-state index contributed by atoms with van der Waals surface area (Å²) >= 11 is 0. The van der Waals surface area contributed by atoms with Gasteiger partial charge in [-0.3, -0.25) is 10.7 Å². The fourth-order valence-corrected chi connectivity index (χ4v) is 6.55. The number of amides is 2. The molecule has 1 heterocycles. The fraction of sp³-hybridized carbons (Fsp3) is 0.864. The van der Waals surface area contributed by atoms with Crippen molar-refractivity contribution in [2.24, 2.45) is 40.4 Å². The van der Waals surface area contributed by atoms with Crippen molar-refractivity contribution in [1.82, 2.24) is 4.90 Å². The molecule has 3 aliphatic carbocycles. The van der Waals surface area contributed by atoms with Gasteiger partial charge in [-0.15, -0.1) is 5.41 Å². The Kier molecular flexibility index (Phi) is 4.96. The zero-order valence-electron chi connectivity index (χ0n) is 17.1. The van der Waals surface area contributed by atoms with Gasteiger partial charge < -0.3 is 9.69 Å². The molecule has 26 heavy (non-hydrogen) atoms. The quantitative estimate of drug-likeness (QED) is 0.358. The van der Waals surface area contributed by atoms with E-state index in [4.69, 9.17) is 0 Å². The Morgan fingerprint density at radius 1 is 1.04 bits per heavy atom. The van der Waals surface area contributed by atoms with Crippen molar-refractivity contribution in [2.45, 2.75) is 79.7 Å². The number of carbonyl (C=O) groups is 2. The summed E-state index contributed by atoms with van der Waals surface area (Å²) in [5.41, 5.74) is -0.139. The minimum absolute atomic E-state index is 0. The second-order valence-electron chi connectivity index (χ2n) is 11.3. The molecule has 0 aromatic carbocycles. The van der Waals surface area contributed by atoms with E-state index in [1.165, 1.54) is 25.7 Å².